The van der Waals surface area contributed by atoms with Gasteiger partial charge in [-0.05, 0) is 0 Å². The number of fused-ring (bicyclic) bond motifs is 1. The predicted molar refractivity (Wildman–Crippen MR) is 51.5 cm³/mol. The van der Waals surface area contributed by atoms with Crippen LogP contribution >= 0.6 is 0 Å². The molecule has 1 amide bonds. The highest BCUT2D eigenvalue weighted by Gasteiger charge is 2.31. The van der Waals surface area contributed by atoms with E-state index in [1.807, 2.05) is 0 Å². The van der Waals surface area contributed by atoms with E-state index in [9.17, 15) is 9.59 Å². The molecule has 1 saturated heterocycles. The lowest BCUT2D eigenvalue weighted by atomic mass is 10.3. The summed E-state index contributed by atoms with van der Waals surface area (Å²) in [6.45, 7) is 0.0395. The number of carbonyl (C=O) groups is 2. The number of aromatic amines is 1. The molecule has 2 aromatic rings. The van der Waals surface area contributed by atoms with Crippen LogP contribution in [-0.2, 0) is 9.59 Å². The largest absolute Gasteiger partial charge is 0.297 e. The van der Waals surface area contributed by atoms with E-state index >= 15 is 0 Å². The Morgan fingerprint density at radius 2 is 2.12 bits per heavy atom. The molecule has 1 N–H and O–H groups in total. The molecule has 0 spiro atoms. The van der Waals surface area contributed by atoms with E-state index in [2.05, 4.69) is 25.4 Å². The Kier molecular flexibility index (Phi) is 1.70. The number of nitrogens with zero attached hydrogens (tertiary/aromatic N) is 5. The first-order valence-electron chi connectivity index (χ1n) is 4.59. The molecule has 80 valence electrons. The van der Waals surface area contributed by atoms with Gasteiger partial charge in [0.25, 0.3) is 0 Å². The number of anilines is 1. The zero-order valence-electron chi connectivity index (χ0n) is 8.04. The summed E-state index contributed by atoms with van der Waals surface area (Å²) >= 11 is 0. The van der Waals surface area contributed by atoms with Crippen LogP contribution < -0.4 is 4.90 Å². The van der Waals surface area contributed by atoms with E-state index in [1.54, 1.807) is 0 Å². The van der Waals surface area contributed by atoms with Crippen LogP contribution in [0.1, 0.15) is 6.42 Å². The van der Waals surface area contributed by atoms with Crippen molar-refractivity contribution in [2.24, 2.45) is 0 Å². The summed E-state index contributed by atoms with van der Waals surface area (Å²) in [5.74, 6) is -0.0668. The summed E-state index contributed by atoms with van der Waals surface area (Å²) in [6, 6.07) is 0. The number of aromatic nitrogens is 5. The number of carbonyl (C=O) groups excluding carboxylic acids is 2. The minimum atomic E-state index is -0.270. The molecule has 1 fully saturated rings. The number of nitrogens with one attached hydrogen (secondary N) is 1. The van der Waals surface area contributed by atoms with Gasteiger partial charge < -0.3 is 0 Å². The van der Waals surface area contributed by atoms with Gasteiger partial charge in [-0.15, -0.1) is 5.10 Å². The van der Waals surface area contributed by atoms with Gasteiger partial charge in [0.15, 0.2) is 17.1 Å². The lowest BCUT2D eigenvalue weighted by Crippen LogP contribution is -2.25. The number of hydrogen-bond acceptors (Lipinski definition) is 6. The zero-order chi connectivity index (χ0) is 11.1. The Morgan fingerprint density at radius 3 is 2.88 bits per heavy atom. The second-order valence-corrected chi connectivity index (χ2v) is 3.39. The third-order valence-corrected chi connectivity index (χ3v) is 2.34. The Bertz CT molecular complexity index is 591. The second kappa shape index (κ2) is 3.05. The van der Waals surface area contributed by atoms with Crippen molar-refractivity contribution in [3.05, 3.63) is 6.33 Å². The second-order valence-electron chi connectivity index (χ2n) is 3.39. The van der Waals surface area contributed by atoms with Crippen molar-refractivity contribution in [2.45, 2.75) is 6.42 Å². The van der Waals surface area contributed by atoms with Crippen LogP contribution in [0.25, 0.3) is 11.2 Å². The van der Waals surface area contributed by atoms with Crippen molar-refractivity contribution in [3.8, 4) is 0 Å². The van der Waals surface area contributed by atoms with Crippen LogP contribution in [0.4, 0.5) is 5.82 Å². The van der Waals surface area contributed by atoms with E-state index < -0.39 is 0 Å². The molecule has 0 bridgehead atoms. The molecule has 8 heteroatoms. The predicted octanol–water partition coefficient (Wildman–Crippen LogP) is -0.946. The molecular formula is C8H6N6O2. The van der Waals surface area contributed by atoms with Crippen molar-refractivity contribution < 1.29 is 9.59 Å². The van der Waals surface area contributed by atoms with Crippen LogP contribution in [0.15, 0.2) is 6.33 Å². The van der Waals surface area contributed by atoms with E-state index in [1.165, 1.54) is 11.2 Å². The highest BCUT2D eigenvalue weighted by Crippen LogP contribution is 2.22. The molecular weight excluding hydrogens is 212 g/mol. The fraction of sp³-hybridized carbons (Fsp3) is 0.250. The first-order chi connectivity index (χ1) is 7.75. The molecule has 1 aliphatic heterocycles. The van der Waals surface area contributed by atoms with Gasteiger partial charge in [0.1, 0.15) is 6.33 Å². The summed E-state index contributed by atoms with van der Waals surface area (Å²) in [7, 11) is 0. The number of ketones is 1. The average molecular weight is 218 g/mol. The first kappa shape index (κ1) is 8.89. The molecule has 0 unspecified atom stereocenters. The molecule has 0 aromatic carbocycles. The lowest BCUT2D eigenvalue weighted by Gasteiger charge is -2.12. The van der Waals surface area contributed by atoms with Gasteiger partial charge in [0.2, 0.25) is 11.6 Å². The topological polar surface area (TPSA) is 105 Å². The molecule has 0 aliphatic carbocycles. The molecule has 2 aromatic heterocycles. The minimum Gasteiger partial charge on any atom is -0.297 e. The summed E-state index contributed by atoms with van der Waals surface area (Å²) in [5, 5.41) is 10.0. The van der Waals surface area contributed by atoms with E-state index in [0.29, 0.717) is 17.0 Å². The normalized spacial score (nSPS) is 16.4. The summed E-state index contributed by atoms with van der Waals surface area (Å²) in [5.41, 5.74) is 0.766. The van der Waals surface area contributed by atoms with Crippen molar-refractivity contribution in [1.29, 1.82) is 0 Å². The smallest absolute Gasteiger partial charge is 0.236 e. The minimum absolute atomic E-state index is 0.0395. The van der Waals surface area contributed by atoms with Crippen molar-refractivity contribution in [3.63, 3.8) is 0 Å². The standard InChI is InChI=1S/C8H6N6O2/c15-4-1-5(16)14(2-4)8-6-7(9-3-10-8)12-13-11-6/h3H,1-2H2,(H,9,10,11,12,13). The Balaban J connectivity index is 2.15. The lowest BCUT2D eigenvalue weighted by molar-refractivity contribution is -0.121. The van der Waals surface area contributed by atoms with Crippen molar-refractivity contribution in [2.75, 3.05) is 11.4 Å². The number of hydrogen-bond donors (Lipinski definition) is 1. The van der Waals surface area contributed by atoms with Gasteiger partial charge >= 0.3 is 0 Å². The molecule has 3 heterocycles. The molecule has 0 radical (unpaired) electrons. The van der Waals surface area contributed by atoms with Gasteiger partial charge in [-0.3, -0.25) is 14.5 Å². The summed E-state index contributed by atoms with van der Waals surface area (Å²) in [6.07, 6.45) is 1.21. The van der Waals surface area contributed by atoms with Gasteiger partial charge in [-0.25, -0.2) is 9.97 Å². The quantitative estimate of drug-likeness (QED) is 0.619. The van der Waals surface area contributed by atoms with Crippen LogP contribution in [0, 0.1) is 0 Å². The van der Waals surface area contributed by atoms with Crippen LogP contribution in [0.5, 0.6) is 0 Å². The van der Waals surface area contributed by atoms with Gasteiger partial charge in [0, 0.05) is 0 Å². The summed E-state index contributed by atoms with van der Waals surface area (Å²) in [4.78, 5) is 31.8. The first-order valence-corrected chi connectivity index (χ1v) is 4.59. The Labute approximate surface area is 88.7 Å². The van der Waals surface area contributed by atoms with Crippen molar-refractivity contribution >= 4 is 28.7 Å². The fourth-order valence-corrected chi connectivity index (χ4v) is 1.64. The van der Waals surface area contributed by atoms with Gasteiger partial charge in [-0.1, -0.05) is 0 Å². The van der Waals surface area contributed by atoms with Gasteiger partial charge in [0.05, 0.1) is 13.0 Å². The third-order valence-electron chi connectivity index (χ3n) is 2.34. The monoisotopic (exact) mass is 218 g/mol. The maximum absolute atomic E-state index is 11.5. The SMILES string of the molecule is O=C1CC(=O)N(c2ncnc3n[nH]nc23)C1. The van der Waals surface area contributed by atoms with E-state index in [4.69, 9.17) is 0 Å². The van der Waals surface area contributed by atoms with Crippen LogP contribution in [-0.4, -0.2) is 43.6 Å². The van der Waals surface area contributed by atoms with E-state index in [0.717, 1.165) is 0 Å². The third kappa shape index (κ3) is 1.16. The Hall–Kier alpha value is -2.38. The van der Waals surface area contributed by atoms with E-state index in [-0.39, 0.29) is 24.7 Å². The fourth-order valence-electron chi connectivity index (χ4n) is 1.64. The average Bonchev–Trinajstić information content (AvgIpc) is 2.84. The van der Waals surface area contributed by atoms with Crippen LogP contribution in [0.2, 0.25) is 0 Å². The molecule has 1 aliphatic rings. The van der Waals surface area contributed by atoms with Crippen LogP contribution in [0.3, 0.4) is 0 Å². The number of amides is 1. The molecule has 16 heavy (non-hydrogen) atoms. The highest BCUT2D eigenvalue weighted by atomic mass is 16.2. The Morgan fingerprint density at radius 1 is 1.25 bits per heavy atom. The van der Waals surface area contributed by atoms with Gasteiger partial charge in [-0.2, -0.15) is 10.3 Å². The highest BCUT2D eigenvalue weighted by molar-refractivity contribution is 6.16. The zero-order valence-corrected chi connectivity index (χ0v) is 8.04. The number of H-pyrrole nitrogens is 1. The number of Topliss-reactive ketones (excluding diaryl/α,β-unsaturated/α-hetero) is 1. The maximum atomic E-state index is 11.5. The summed E-state index contributed by atoms with van der Waals surface area (Å²) < 4.78 is 0. The molecule has 8 nitrogen and oxygen atoms in total. The molecule has 3 rings (SSSR count). The molecule has 0 saturated carbocycles. The van der Waals surface area contributed by atoms with Crippen molar-refractivity contribution in [1.82, 2.24) is 25.4 Å². The number of rotatable bonds is 1. The molecule has 0 atom stereocenters. The maximum Gasteiger partial charge on any atom is 0.236 e.